The molecule has 0 saturated heterocycles. The third-order valence-corrected chi connectivity index (χ3v) is 6.11. The quantitative estimate of drug-likeness (QED) is 0.144. The van der Waals surface area contributed by atoms with Crippen LogP contribution < -0.4 is 11.0 Å². The lowest BCUT2D eigenvalue weighted by molar-refractivity contribution is -0.384. The van der Waals surface area contributed by atoms with Crippen molar-refractivity contribution in [3.63, 3.8) is 0 Å². The second-order valence-corrected chi connectivity index (χ2v) is 8.62. The highest BCUT2D eigenvalue weighted by Crippen LogP contribution is 2.29. The Bertz CT molecular complexity index is 1710. The third kappa shape index (κ3) is 5.16. The Morgan fingerprint density at radius 2 is 1.81 bits per heavy atom. The van der Waals surface area contributed by atoms with Crippen molar-refractivity contribution < 1.29 is 14.1 Å². The fourth-order valence-electron chi connectivity index (χ4n) is 3.51. The van der Waals surface area contributed by atoms with Gasteiger partial charge < -0.3 is 4.42 Å². The molecule has 1 N–H and O–H groups in total. The number of aromatic nitrogens is 2. The lowest BCUT2D eigenvalue weighted by Crippen LogP contribution is -2.21. The molecule has 0 spiro atoms. The van der Waals surface area contributed by atoms with Gasteiger partial charge in [-0.3, -0.25) is 24.3 Å². The summed E-state index contributed by atoms with van der Waals surface area (Å²) in [5.74, 6) is -0.260. The van der Waals surface area contributed by atoms with Gasteiger partial charge in [0, 0.05) is 17.7 Å². The second-order valence-electron chi connectivity index (χ2n) is 7.65. The molecule has 5 aromatic rings. The van der Waals surface area contributed by atoms with Crippen LogP contribution in [0.25, 0.3) is 16.6 Å². The summed E-state index contributed by atoms with van der Waals surface area (Å²) in [6, 6.07) is 25.0. The summed E-state index contributed by atoms with van der Waals surface area (Å²) < 4.78 is 7.32. The highest BCUT2D eigenvalue weighted by atomic mass is 32.2. The highest BCUT2D eigenvalue weighted by Gasteiger charge is 2.16. The molecule has 0 aliphatic heterocycles. The molecule has 1 amide bonds. The van der Waals surface area contributed by atoms with Crippen LogP contribution in [0.15, 0.2) is 116 Å². The van der Waals surface area contributed by atoms with E-state index in [1.165, 1.54) is 40.7 Å². The molecule has 11 heteroatoms. The molecule has 3 aromatic carbocycles. The first-order valence-corrected chi connectivity index (χ1v) is 11.7. The number of nitro groups is 1. The Labute approximate surface area is 213 Å². The minimum atomic E-state index is -0.603. The van der Waals surface area contributed by atoms with Gasteiger partial charge in [0.25, 0.3) is 17.2 Å². The van der Waals surface area contributed by atoms with Crippen LogP contribution in [0, 0.1) is 10.1 Å². The Morgan fingerprint density at radius 1 is 1.03 bits per heavy atom. The SMILES string of the molecule is O=C(N/N=C\c1ccc(Sc2nc3ccccc3c(=O)n2-c2ccccc2)o1)c1cccc([N+](=O)[O-])c1. The molecule has 0 saturated carbocycles. The van der Waals surface area contributed by atoms with Gasteiger partial charge in [0.05, 0.1) is 27.7 Å². The Kier molecular flexibility index (Phi) is 6.60. The minimum absolute atomic E-state index is 0.100. The molecule has 182 valence electrons. The Hall–Kier alpha value is -5.03. The van der Waals surface area contributed by atoms with E-state index in [1.54, 1.807) is 30.3 Å². The van der Waals surface area contributed by atoms with E-state index in [0.717, 1.165) is 6.07 Å². The van der Waals surface area contributed by atoms with Crippen LogP contribution in [-0.4, -0.2) is 26.6 Å². The van der Waals surface area contributed by atoms with Gasteiger partial charge in [0.2, 0.25) is 0 Å². The molecule has 0 aliphatic rings. The molecular formula is C26H17N5O5S. The van der Waals surface area contributed by atoms with Crippen molar-refractivity contribution >= 4 is 40.5 Å². The van der Waals surface area contributed by atoms with Crippen LogP contribution in [0.3, 0.4) is 0 Å². The second kappa shape index (κ2) is 10.3. The van der Waals surface area contributed by atoms with E-state index in [-0.39, 0.29) is 16.8 Å². The third-order valence-electron chi connectivity index (χ3n) is 5.23. The van der Waals surface area contributed by atoms with Crippen molar-refractivity contribution in [1.29, 1.82) is 0 Å². The van der Waals surface area contributed by atoms with E-state index in [1.807, 2.05) is 36.4 Å². The number of carbonyl (C=O) groups excluding carboxylic acids is 1. The molecule has 0 fully saturated rings. The summed E-state index contributed by atoms with van der Waals surface area (Å²) in [7, 11) is 0. The molecule has 0 aliphatic carbocycles. The monoisotopic (exact) mass is 511 g/mol. The number of nitro benzene ring substituents is 1. The number of non-ortho nitro benzene ring substituents is 1. The number of furan rings is 1. The van der Waals surface area contributed by atoms with Gasteiger partial charge in [0.15, 0.2) is 10.2 Å². The number of nitrogens with one attached hydrogen (secondary N) is 1. The van der Waals surface area contributed by atoms with E-state index >= 15 is 0 Å². The first kappa shape index (κ1) is 23.7. The van der Waals surface area contributed by atoms with Gasteiger partial charge >= 0.3 is 0 Å². The molecule has 10 nitrogen and oxygen atoms in total. The van der Waals surface area contributed by atoms with Crippen LogP contribution >= 0.6 is 11.8 Å². The summed E-state index contributed by atoms with van der Waals surface area (Å²) in [6.45, 7) is 0. The van der Waals surface area contributed by atoms with Crippen molar-refractivity contribution in [3.8, 4) is 5.69 Å². The summed E-state index contributed by atoms with van der Waals surface area (Å²) in [6.07, 6.45) is 1.30. The predicted octanol–water partition coefficient (Wildman–Crippen LogP) is 4.80. The molecule has 2 aromatic heterocycles. The topological polar surface area (TPSA) is 133 Å². The Balaban J connectivity index is 1.37. The number of nitrogens with zero attached hydrogens (tertiary/aromatic N) is 4. The van der Waals surface area contributed by atoms with E-state index in [4.69, 9.17) is 4.42 Å². The van der Waals surface area contributed by atoms with Crippen LogP contribution in [0.1, 0.15) is 16.1 Å². The van der Waals surface area contributed by atoms with Gasteiger partial charge in [-0.05, 0) is 54.2 Å². The molecule has 0 unspecified atom stereocenters. The fourth-order valence-corrected chi connectivity index (χ4v) is 4.39. The van der Waals surface area contributed by atoms with Crippen LogP contribution in [0.2, 0.25) is 0 Å². The van der Waals surface area contributed by atoms with E-state index in [0.29, 0.717) is 32.6 Å². The van der Waals surface area contributed by atoms with Crippen molar-refractivity contribution in [2.24, 2.45) is 5.10 Å². The maximum absolute atomic E-state index is 13.3. The molecule has 0 atom stereocenters. The first-order valence-electron chi connectivity index (χ1n) is 10.9. The average molecular weight is 512 g/mol. The number of rotatable bonds is 7. The van der Waals surface area contributed by atoms with E-state index < -0.39 is 10.8 Å². The normalized spacial score (nSPS) is 11.1. The number of hydrogen-bond donors (Lipinski definition) is 1. The number of carbonyl (C=O) groups is 1. The standard InChI is InChI=1S/C26H17N5O5S/c32-24(17-7-6-10-19(15-17)31(34)35)29-27-16-20-13-14-23(36-20)37-26-28-22-12-5-4-11-21(22)25(33)30(26)18-8-2-1-3-9-18/h1-16H,(H,29,32)/b27-16-. The van der Waals surface area contributed by atoms with Gasteiger partial charge in [0.1, 0.15) is 5.76 Å². The molecular weight excluding hydrogens is 494 g/mol. The van der Waals surface area contributed by atoms with Gasteiger partial charge in [-0.15, -0.1) is 0 Å². The van der Waals surface area contributed by atoms with Crippen molar-refractivity contribution in [3.05, 3.63) is 123 Å². The van der Waals surface area contributed by atoms with Crippen molar-refractivity contribution in [2.75, 3.05) is 0 Å². The van der Waals surface area contributed by atoms with Crippen molar-refractivity contribution in [1.82, 2.24) is 15.0 Å². The zero-order valence-corrected chi connectivity index (χ0v) is 19.8. The summed E-state index contributed by atoms with van der Waals surface area (Å²) >= 11 is 1.17. The number of hydrogen-bond acceptors (Lipinski definition) is 8. The number of para-hydroxylation sites is 2. The smallest absolute Gasteiger partial charge is 0.271 e. The first-order chi connectivity index (χ1) is 18.0. The highest BCUT2D eigenvalue weighted by molar-refractivity contribution is 7.99. The predicted molar refractivity (Wildman–Crippen MR) is 138 cm³/mol. The molecule has 0 radical (unpaired) electrons. The molecule has 37 heavy (non-hydrogen) atoms. The maximum atomic E-state index is 13.3. The van der Waals surface area contributed by atoms with Gasteiger partial charge in [-0.2, -0.15) is 5.10 Å². The van der Waals surface area contributed by atoms with Crippen molar-refractivity contribution in [2.45, 2.75) is 10.2 Å². The van der Waals surface area contributed by atoms with E-state index in [2.05, 4.69) is 15.5 Å². The van der Waals surface area contributed by atoms with Crippen LogP contribution in [0.5, 0.6) is 0 Å². The summed E-state index contributed by atoms with van der Waals surface area (Å²) in [5.41, 5.74) is 3.26. The minimum Gasteiger partial charge on any atom is -0.448 e. The number of fused-ring (bicyclic) bond motifs is 1. The largest absolute Gasteiger partial charge is 0.448 e. The average Bonchev–Trinajstić information content (AvgIpc) is 3.36. The fraction of sp³-hybridized carbons (Fsp3) is 0. The number of hydrazone groups is 1. The summed E-state index contributed by atoms with van der Waals surface area (Å²) in [4.78, 5) is 40.6. The Morgan fingerprint density at radius 3 is 2.62 bits per heavy atom. The van der Waals surface area contributed by atoms with Gasteiger partial charge in [-0.1, -0.05) is 36.4 Å². The number of benzene rings is 3. The van der Waals surface area contributed by atoms with Crippen LogP contribution in [-0.2, 0) is 0 Å². The summed E-state index contributed by atoms with van der Waals surface area (Å²) in [5, 5.41) is 16.1. The zero-order chi connectivity index (χ0) is 25.8. The lowest BCUT2D eigenvalue weighted by Gasteiger charge is -2.12. The molecule has 0 bridgehead atoms. The van der Waals surface area contributed by atoms with E-state index in [9.17, 15) is 19.7 Å². The van der Waals surface area contributed by atoms with Crippen LogP contribution in [0.4, 0.5) is 5.69 Å². The maximum Gasteiger partial charge on any atom is 0.271 e. The zero-order valence-electron chi connectivity index (χ0n) is 19.0. The molecule has 2 heterocycles. The lowest BCUT2D eigenvalue weighted by atomic mass is 10.2. The number of amides is 1. The van der Waals surface area contributed by atoms with Gasteiger partial charge in [-0.25, -0.2) is 10.4 Å². The molecule has 5 rings (SSSR count).